The third-order valence-corrected chi connectivity index (χ3v) is 3.91. The monoisotopic (exact) mass is 338 g/mol. The molecular formula is C15H15FN2O4S. The first kappa shape index (κ1) is 17.2. The van der Waals surface area contributed by atoms with Crippen LogP contribution in [0.2, 0.25) is 0 Å². The minimum Gasteiger partial charge on any atom is -0.375 e. The lowest BCUT2D eigenvalue weighted by Crippen LogP contribution is -2.38. The summed E-state index contributed by atoms with van der Waals surface area (Å²) in [7, 11) is 1.39. The number of thioether (sulfide) groups is 1. The van der Waals surface area contributed by atoms with Gasteiger partial charge in [0.2, 0.25) is 5.91 Å². The van der Waals surface area contributed by atoms with E-state index in [0.717, 1.165) is 16.7 Å². The Labute approximate surface area is 136 Å². The highest BCUT2D eigenvalue weighted by atomic mass is 32.2. The van der Waals surface area contributed by atoms with E-state index >= 15 is 0 Å². The molecule has 1 aromatic rings. The molecule has 1 N–H and O–H groups in total. The summed E-state index contributed by atoms with van der Waals surface area (Å²) in [6.45, 7) is 0.0943. The summed E-state index contributed by atoms with van der Waals surface area (Å²) >= 11 is 0.749. The van der Waals surface area contributed by atoms with Crippen molar-refractivity contribution in [2.45, 2.75) is 0 Å². The fraction of sp³-hybridized carbons (Fsp3) is 0.267. The van der Waals surface area contributed by atoms with Crippen molar-refractivity contribution >= 4 is 34.9 Å². The summed E-state index contributed by atoms with van der Waals surface area (Å²) in [5.41, 5.74) is 0.242. The van der Waals surface area contributed by atoms with Crippen LogP contribution in [0.25, 0.3) is 6.08 Å². The van der Waals surface area contributed by atoms with Gasteiger partial charge in [-0.05, 0) is 23.9 Å². The third kappa shape index (κ3) is 4.40. The van der Waals surface area contributed by atoms with Gasteiger partial charge in [-0.1, -0.05) is 18.2 Å². The summed E-state index contributed by atoms with van der Waals surface area (Å²) in [5.74, 6) is -1.29. The first-order valence-electron chi connectivity index (χ1n) is 6.78. The van der Waals surface area contributed by atoms with E-state index in [1.807, 2.05) is 0 Å². The minimum absolute atomic E-state index is 0.0503. The molecule has 6 nitrogen and oxygen atoms in total. The standard InChI is InChI=1S/C15H15FN2O4S/c1-22-9-13(19)17-6-7-18-14(20)12(23-15(18)21)8-10-4-2-3-5-11(10)16/h2-5,8H,6-7,9H2,1H3,(H,17,19). The van der Waals surface area contributed by atoms with E-state index in [-0.39, 0.29) is 36.1 Å². The molecule has 1 aliphatic heterocycles. The molecule has 0 aromatic heterocycles. The summed E-state index contributed by atoms with van der Waals surface area (Å²) in [6.07, 6.45) is 1.35. The van der Waals surface area contributed by atoms with Gasteiger partial charge in [0.05, 0.1) is 4.91 Å². The molecule has 8 heteroatoms. The molecule has 23 heavy (non-hydrogen) atoms. The van der Waals surface area contributed by atoms with E-state index in [1.165, 1.54) is 25.3 Å². The smallest absolute Gasteiger partial charge is 0.293 e. The predicted molar refractivity (Wildman–Crippen MR) is 84.0 cm³/mol. The number of nitrogens with one attached hydrogen (secondary N) is 1. The van der Waals surface area contributed by atoms with Crippen molar-refractivity contribution < 1.29 is 23.5 Å². The molecule has 0 bridgehead atoms. The quantitative estimate of drug-likeness (QED) is 0.798. The van der Waals surface area contributed by atoms with E-state index in [9.17, 15) is 18.8 Å². The van der Waals surface area contributed by atoms with Crippen molar-refractivity contribution in [3.63, 3.8) is 0 Å². The van der Waals surface area contributed by atoms with Crippen LogP contribution in [0.1, 0.15) is 5.56 Å². The molecule has 0 unspecified atom stereocenters. The van der Waals surface area contributed by atoms with E-state index in [0.29, 0.717) is 0 Å². The minimum atomic E-state index is -0.496. The van der Waals surface area contributed by atoms with E-state index in [1.54, 1.807) is 12.1 Å². The predicted octanol–water partition coefficient (Wildman–Crippen LogP) is 1.62. The average molecular weight is 338 g/mol. The van der Waals surface area contributed by atoms with Gasteiger partial charge in [-0.15, -0.1) is 0 Å². The zero-order valence-corrected chi connectivity index (χ0v) is 13.2. The number of hydrogen-bond acceptors (Lipinski definition) is 5. The maximum absolute atomic E-state index is 13.6. The van der Waals surface area contributed by atoms with Gasteiger partial charge in [0.25, 0.3) is 11.1 Å². The van der Waals surface area contributed by atoms with Crippen LogP contribution in [0.15, 0.2) is 29.2 Å². The molecule has 0 radical (unpaired) electrons. The Morgan fingerprint density at radius 3 is 2.83 bits per heavy atom. The van der Waals surface area contributed by atoms with Crippen LogP contribution in [0.4, 0.5) is 9.18 Å². The number of benzene rings is 1. The number of ether oxygens (including phenoxy) is 1. The van der Waals surface area contributed by atoms with Gasteiger partial charge in [0.15, 0.2) is 0 Å². The normalized spacial score (nSPS) is 16.3. The molecule has 0 saturated carbocycles. The van der Waals surface area contributed by atoms with Gasteiger partial charge in [-0.2, -0.15) is 0 Å². The van der Waals surface area contributed by atoms with Crippen LogP contribution >= 0.6 is 11.8 Å². The molecule has 0 spiro atoms. The lowest BCUT2D eigenvalue weighted by Gasteiger charge is -2.12. The van der Waals surface area contributed by atoms with Crippen molar-refractivity contribution in [3.05, 3.63) is 40.6 Å². The number of amides is 3. The average Bonchev–Trinajstić information content (AvgIpc) is 2.77. The second-order valence-corrected chi connectivity index (χ2v) is 5.63. The highest BCUT2D eigenvalue weighted by Gasteiger charge is 2.34. The van der Waals surface area contributed by atoms with Gasteiger partial charge in [-0.3, -0.25) is 19.3 Å². The van der Waals surface area contributed by atoms with Crippen molar-refractivity contribution in [2.75, 3.05) is 26.8 Å². The molecule has 0 atom stereocenters. The first-order chi connectivity index (χ1) is 11.0. The number of halogens is 1. The van der Waals surface area contributed by atoms with Gasteiger partial charge in [0, 0.05) is 25.8 Å². The fourth-order valence-electron chi connectivity index (χ4n) is 1.92. The van der Waals surface area contributed by atoms with Gasteiger partial charge < -0.3 is 10.1 Å². The summed E-state index contributed by atoms with van der Waals surface area (Å²) in [4.78, 5) is 36.5. The van der Waals surface area contributed by atoms with E-state index in [2.05, 4.69) is 10.1 Å². The molecule has 0 aliphatic carbocycles. The zero-order valence-electron chi connectivity index (χ0n) is 12.4. The topological polar surface area (TPSA) is 75.7 Å². The molecule has 2 rings (SSSR count). The Bertz CT molecular complexity index is 663. The highest BCUT2D eigenvalue weighted by molar-refractivity contribution is 8.18. The third-order valence-electron chi connectivity index (χ3n) is 3.00. The van der Waals surface area contributed by atoms with Crippen LogP contribution in [-0.2, 0) is 14.3 Å². The van der Waals surface area contributed by atoms with Gasteiger partial charge in [0.1, 0.15) is 12.4 Å². The molecule has 1 saturated heterocycles. The first-order valence-corrected chi connectivity index (χ1v) is 7.60. The number of methoxy groups -OCH3 is 1. The number of carbonyl (C=O) groups is 3. The Morgan fingerprint density at radius 1 is 1.39 bits per heavy atom. The number of nitrogens with zero attached hydrogens (tertiary/aromatic N) is 1. The molecular weight excluding hydrogens is 323 g/mol. The SMILES string of the molecule is COCC(=O)NCCN1C(=O)SC(=Cc2ccccc2F)C1=O. The number of hydrogen-bond donors (Lipinski definition) is 1. The second kappa shape index (κ2) is 7.89. The molecule has 1 heterocycles. The molecule has 1 aromatic carbocycles. The number of imide groups is 1. The molecule has 1 fully saturated rings. The van der Waals surface area contributed by atoms with Crippen molar-refractivity contribution in [3.8, 4) is 0 Å². The summed E-state index contributed by atoms with van der Waals surface area (Å²) < 4.78 is 18.3. The van der Waals surface area contributed by atoms with Crippen molar-refractivity contribution in [1.29, 1.82) is 0 Å². The fourth-order valence-corrected chi connectivity index (χ4v) is 2.77. The zero-order chi connectivity index (χ0) is 16.8. The van der Waals surface area contributed by atoms with E-state index < -0.39 is 17.0 Å². The Balaban J connectivity index is 2.00. The number of carbonyl (C=O) groups excluding carboxylic acids is 3. The van der Waals surface area contributed by atoms with Gasteiger partial charge in [-0.25, -0.2) is 4.39 Å². The second-order valence-electron chi connectivity index (χ2n) is 4.64. The highest BCUT2D eigenvalue weighted by Crippen LogP contribution is 2.32. The largest absolute Gasteiger partial charge is 0.375 e. The van der Waals surface area contributed by atoms with Crippen molar-refractivity contribution in [2.24, 2.45) is 0 Å². The van der Waals surface area contributed by atoms with Crippen LogP contribution in [0.5, 0.6) is 0 Å². The van der Waals surface area contributed by atoms with Crippen molar-refractivity contribution in [1.82, 2.24) is 10.2 Å². The summed E-state index contributed by atoms with van der Waals surface area (Å²) in [5, 5.41) is 2.08. The lowest BCUT2D eigenvalue weighted by atomic mass is 10.2. The van der Waals surface area contributed by atoms with Crippen LogP contribution < -0.4 is 5.32 Å². The maximum atomic E-state index is 13.6. The summed E-state index contributed by atoms with van der Waals surface area (Å²) in [6, 6.07) is 5.99. The van der Waals surface area contributed by atoms with E-state index in [4.69, 9.17) is 0 Å². The molecule has 122 valence electrons. The van der Waals surface area contributed by atoms with Gasteiger partial charge >= 0.3 is 0 Å². The Kier molecular flexibility index (Phi) is 5.89. The molecule has 1 aliphatic rings. The number of rotatable bonds is 6. The maximum Gasteiger partial charge on any atom is 0.293 e. The lowest BCUT2D eigenvalue weighted by molar-refractivity contribution is -0.126. The van der Waals surface area contributed by atoms with Crippen LogP contribution in [-0.4, -0.2) is 48.8 Å². The Morgan fingerprint density at radius 2 is 2.13 bits per heavy atom. The Hall–Kier alpha value is -2.19. The van der Waals surface area contributed by atoms with Crippen LogP contribution in [0.3, 0.4) is 0 Å². The van der Waals surface area contributed by atoms with Crippen LogP contribution in [0, 0.1) is 5.82 Å². The molecule has 3 amide bonds.